The summed E-state index contributed by atoms with van der Waals surface area (Å²) in [6.07, 6.45) is 10.2. The van der Waals surface area contributed by atoms with Gasteiger partial charge in [0.1, 0.15) is 0 Å². The largest absolute Gasteiger partial charge is 0.333 e. The van der Waals surface area contributed by atoms with E-state index in [2.05, 4.69) is 105 Å². The van der Waals surface area contributed by atoms with Gasteiger partial charge in [-0.25, -0.2) is 13.6 Å². The Morgan fingerprint density at radius 3 is 2.37 bits per heavy atom. The second-order valence-corrected chi connectivity index (χ2v) is 12.4. The van der Waals surface area contributed by atoms with Crippen molar-refractivity contribution in [3.63, 3.8) is 0 Å². The van der Waals surface area contributed by atoms with Gasteiger partial charge in [-0.05, 0) is 53.9 Å². The van der Waals surface area contributed by atoms with Crippen molar-refractivity contribution in [1.29, 1.82) is 0 Å². The number of rotatable bonds is 7. The molecule has 3 aromatic rings. The highest BCUT2D eigenvalue weighted by molar-refractivity contribution is 7.89. The number of hydrogen-bond donors (Lipinski definition) is 1. The van der Waals surface area contributed by atoms with Crippen molar-refractivity contribution in [2.24, 2.45) is 10.1 Å². The summed E-state index contributed by atoms with van der Waals surface area (Å²) in [7, 11) is -3.76. The Kier molecular flexibility index (Phi) is 6.66. The van der Waals surface area contributed by atoms with E-state index in [1.54, 1.807) is 12.1 Å². The molecule has 2 aliphatic heterocycles. The highest BCUT2D eigenvalue weighted by Gasteiger charge is 2.43. The second kappa shape index (κ2) is 9.68. The van der Waals surface area contributed by atoms with Crippen molar-refractivity contribution in [2.45, 2.75) is 62.3 Å². The third kappa shape index (κ3) is 4.42. The molecule has 2 aliphatic rings. The zero-order valence-corrected chi connectivity index (χ0v) is 23.2. The average molecular weight is 526 g/mol. The summed E-state index contributed by atoms with van der Waals surface area (Å²) in [5.41, 5.74) is 6.17. The van der Waals surface area contributed by atoms with Gasteiger partial charge in [0.25, 0.3) is 0 Å². The smallest absolute Gasteiger partial charge is 0.238 e. The number of allylic oxidation sites excluding steroid dienone is 3. The van der Waals surface area contributed by atoms with Crippen molar-refractivity contribution >= 4 is 32.8 Å². The molecule has 196 valence electrons. The Morgan fingerprint density at radius 1 is 0.947 bits per heavy atom. The van der Waals surface area contributed by atoms with Crippen molar-refractivity contribution in [2.75, 3.05) is 4.90 Å². The number of hydrogen-bond acceptors (Lipinski definition) is 4. The van der Waals surface area contributed by atoms with E-state index in [0.29, 0.717) is 6.42 Å². The quantitative estimate of drug-likeness (QED) is 0.335. The molecule has 0 aliphatic carbocycles. The first-order chi connectivity index (χ1) is 18.1. The summed E-state index contributed by atoms with van der Waals surface area (Å²) < 4.78 is 23.8. The molecule has 5 rings (SSSR count). The van der Waals surface area contributed by atoms with E-state index in [4.69, 9.17) is 10.1 Å². The number of fused-ring (bicyclic) bond motifs is 2. The predicted octanol–water partition coefficient (Wildman–Crippen LogP) is 7.09. The SMILES string of the molecule is CCC1(C)C(C/C=C/C=CC2N(c3ccccc3)c3ccccc3C2(C)C)=Nc2ccc(S(N)(=O)=O)cc21. The first-order valence-corrected chi connectivity index (χ1v) is 14.6. The van der Waals surface area contributed by atoms with Crippen LogP contribution in [-0.2, 0) is 20.9 Å². The maximum Gasteiger partial charge on any atom is 0.238 e. The predicted molar refractivity (Wildman–Crippen MR) is 157 cm³/mol. The molecule has 0 amide bonds. The monoisotopic (exact) mass is 525 g/mol. The molecule has 0 saturated carbocycles. The van der Waals surface area contributed by atoms with Crippen molar-refractivity contribution in [3.8, 4) is 0 Å². The van der Waals surface area contributed by atoms with E-state index >= 15 is 0 Å². The third-order valence-electron chi connectivity index (χ3n) is 8.25. The van der Waals surface area contributed by atoms with Crippen molar-refractivity contribution in [3.05, 3.63) is 108 Å². The van der Waals surface area contributed by atoms with Gasteiger partial charge in [-0.15, -0.1) is 0 Å². The number of benzene rings is 3. The summed E-state index contributed by atoms with van der Waals surface area (Å²) in [5, 5.41) is 5.39. The Labute approximate surface area is 226 Å². The number of para-hydroxylation sites is 2. The average Bonchev–Trinajstić information content (AvgIpc) is 3.31. The van der Waals surface area contributed by atoms with Gasteiger partial charge in [-0.3, -0.25) is 4.99 Å². The molecular formula is C32H35N3O2S. The Morgan fingerprint density at radius 2 is 1.66 bits per heavy atom. The maximum absolute atomic E-state index is 11.9. The lowest BCUT2D eigenvalue weighted by molar-refractivity contribution is 0.495. The van der Waals surface area contributed by atoms with Crippen LogP contribution in [0.1, 0.15) is 51.7 Å². The minimum Gasteiger partial charge on any atom is -0.333 e. The molecule has 0 aromatic heterocycles. The fourth-order valence-electron chi connectivity index (χ4n) is 5.82. The summed E-state index contributed by atoms with van der Waals surface area (Å²) in [5.74, 6) is 0. The Balaban J connectivity index is 1.37. The van der Waals surface area contributed by atoms with E-state index in [0.717, 1.165) is 23.4 Å². The molecule has 6 heteroatoms. The highest BCUT2D eigenvalue weighted by atomic mass is 32.2. The number of anilines is 2. The molecule has 3 aromatic carbocycles. The van der Waals surface area contributed by atoms with Crippen LogP contribution < -0.4 is 10.0 Å². The van der Waals surface area contributed by atoms with Crippen LogP contribution in [-0.4, -0.2) is 20.2 Å². The minimum atomic E-state index is -3.76. The lowest BCUT2D eigenvalue weighted by Gasteiger charge is -2.32. The summed E-state index contributed by atoms with van der Waals surface area (Å²) >= 11 is 0. The summed E-state index contributed by atoms with van der Waals surface area (Å²) in [6, 6.07) is 24.4. The molecule has 0 fully saturated rings. The zero-order chi connectivity index (χ0) is 27.1. The van der Waals surface area contributed by atoms with Crippen LogP contribution in [0.2, 0.25) is 0 Å². The second-order valence-electron chi connectivity index (χ2n) is 10.9. The molecule has 2 heterocycles. The van der Waals surface area contributed by atoms with Gasteiger partial charge in [0.15, 0.2) is 0 Å². The van der Waals surface area contributed by atoms with Crippen molar-refractivity contribution in [1.82, 2.24) is 0 Å². The molecule has 2 unspecified atom stereocenters. The molecule has 0 radical (unpaired) electrons. The molecule has 0 saturated heterocycles. The molecule has 0 bridgehead atoms. The van der Waals surface area contributed by atoms with Gasteiger partial charge in [0.2, 0.25) is 10.0 Å². The number of sulfonamides is 1. The topological polar surface area (TPSA) is 75.8 Å². The van der Waals surface area contributed by atoms with E-state index in [9.17, 15) is 8.42 Å². The molecule has 0 spiro atoms. The summed E-state index contributed by atoms with van der Waals surface area (Å²) in [4.78, 5) is 7.43. The van der Waals surface area contributed by atoms with E-state index in [1.807, 2.05) is 6.07 Å². The molecular weight excluding hydrogens is 490 g/mol. The number of primary sulfonamides is 1. The molecule has 2 N–H and O–H groups in total. The minimum absolute atomic E-state index is 0.0597. The van der Waals surface area contributed by atoms with E-state index in [-0.39, 0.29) is 21.8 Å². The van der Waals surface area contributed by atoms with Gasteiger partial charge in [0.05, 0.1) is 16.6 Å². The fraction of sp³-hybridized carbons (Fsp3) is 0.281. The van der Waals surface area contributed by atoms with Crippen LogP contribution in [0.4, 0.5) is 17.1 Å². The first kappa shape index (κ1) is 26.1. The van der Waals surface area contributed by atoms with Gasteiger partial charge < -0.3 is 4.90 Å². The lowest BCUT2D eigenvalue weighted by Crippen LogP contribution is -2.37. The van der Waals surface area contributed by atoms with Crippen LogP contribution in [0, 0.1) is 0 Å². The lowest BCUT2D eigenvalue weighted by atomic mass is 9.76. The number of nitrogens with zero attached hydrogens (tertiary/aromatic N) is 2. The van der Waals surface area contributed by atoms with Crippen LogP contribution in [0.5, 0.6) is 0 Å². The first-order valence-electron chi connectivity index (χ1n) is 13.1. The van der Waals surface area contributed by atoms with Gasteiger partial charge >= 0.3 is 0 Å². The van der Waals surface area contributed by atoms with Crippen LogP contribution in [0.25, 0.3) is 0 Å². The third-order valence-corrected chi connectivity index (χ3v) is 9.16. The number of nitrogens with two attached hydrogens (primary N) is 1. The fourth-order valence-corrected chi connectivity index (χ4v) is 6.36. The van der Waals surface area contributed by atoms with E-state index in [1.165, 1.54) is 23.0 Å². The van der Waals surface area contributed by atoms with Crippen molar-refractivity contribution < 1.29 is 8.42 Å². The summed E-state index contributed by atoms with van der Waals surface area (Å²) in [6.45, 7) is 8.85. The standard InChI is InChI=1S/C32H35N3O2S/c1-5-32(4)26-22-24(38(33,36)37)20-21-27(26)34-29(32)18-10-7-11-19-30-31(2,3)25-16-12-13-17-28(25)35(30)23-14-8-6-9-15-23/h6-17,19-22,30H,5,18H2,1-4H3,(H2,33,36,37)/b10-7+,19-11?. The Bertz CT molecular complexity index is 1550. The van der Waals surface area contributed by atoms with Crippen LogP contribution in [0.3, 0.4) is 0 Å². The Hall–Kier alpha value is -3.48. The molecule has 38 heavy (non-hydrogen) atoms. The molecule has 2 atom stereocenters. The zero-order valence-electron chi connectivity index (χ0n) is 22.4. The van der Waals surface area contributed by atoms with Gasteiger partial charge in [-0.1, -0.05) is 88.4 Å². The van der Waals surface area contributed by atoms with Gasteiger partial charge in [0, 0.05) is 34.3 Å². The normalized spacial score (nSPS) is 22.2. The molecule has 5 nitrogen and oxygen atoms in total. The van der Waals surface area contributed by atoms with E-state index < -0.39 is 10.0 Å². The highest BCUT2D eigenvalue weighted by Crippen LogP contribution is 2.49. The number of aliphatic imine (C=N–C) groups is 1. The van der Waals surface area contributed by atoms with Gasteiger partial charge in [-0.2, -0.15) is 0 Å². The van der Waals surface area contributed by atoms with Crippen LogP contribution in [0.15, 0.2) is 107 Å². The maximum atomic E-state index is 11.9. The van der Waals surface area contributed by atoms with Crippen LogP contribution >= 0.6 is 0 Å².